The van der Waals surface area contributed by atoms with E-state index in [1.807, 2.05) is 44.7 Å². The van der Waals surface area contributed by atoms with Crippen LogP contribution in [0.25, 0.3) is 10.2 Å². The topological polar surface area (TPSA) is 114 Å². The quantitative estimate of drug-likeness (QED) is 0.515. The van der Waals surface area contributed by atoms with Crippen LogP contribution >= 0.6 is 11.3 Å². The van der Waals surface area contributed by atoms with E-state index >= 15 is 4.39 Å². The number of aryl methyl sites for hydroxylation is 2. The Kier molecular flexibility index (Phi) is 6.89. The Morgan fingerprint density at radius 1 is 1.18 bits per heavy atom. The molecule has 0 bridgehead atoms. The van der Waals surface area contributed by atoms with Gasteiger partial charge in [-0.1, -0.05) is 0 Å². The van der Waals surface area contributed by atoms with Crippen LogP contribution in [0.2, 0.25) is 0 Å². The third kappa shape index (κ3) is 5.38. The number of carbonyl (C=O) groups is 2. The molecule has 0 aromatic carbocycles. The zero-order valence-corrected chi connectivity index (χ0v) is 23.0. The molecule has 3 N–H and O–H groups in total. The number of piperazine rings is 1. The minimum Gasteiger partial charge on any atom is -0.444 e. The third-order valence-corrected chi connectivity index (χ3v) is 7.94. The van der Waals surface area contributed by atoms with Gasteiger partial charge in [-0.2, -0.15) is 0 Å². The monoisotopic (exact) mass is 540 g/mol. The van der Waals surface area contributed by atoms with Crippen LogP contribution in [0.3, 0.4) is 0 Å². The Morgan fingerprint density at radius 3 is 2.63 bits per heavy atom. The zero-order valence-electron chi connectivity index (χ0n) is 22.1. The van der Waals surface area contributed by atoms with E-state index in [4.69, 9.17) is 10.5 Å². The number of amides is 2. The van der Waals surface area contributed by atoms with Gasteiger partial charge in [0.05, 0.1) is 5.69 Å². The maximum absolute atomic E-state index is 15.2. The number of halogens is 1. The van der Waals surface area contributed by atoms with Gasteiger partial charge in [0.2, 0.25) is 0 Å². The number of anilines is 2. The molecule has 1 fully saturated rings. The molecule has 2 aliphatic rings. The molecular formula is C27H33FN6O3S. The lowest BCUT2D eigenvalue weighted by Crippen LogP contribution is -2.50. The number of carbonyl (C=O) groups excluding carboxylic acids is 2. The van der Waals surface area contributed by atoms with Crippen molar-refractivity contribution >= 4 is 45.1 Å². The molecule has 5 rings (SSSR count). The predicted octanol–water partition coefficient (Wildman–Crippen LogP) is 4.07. The number of hydrogen-bond acceptors (Lipinski definition) is 8. The van der Waals surface area contributed by atoms with Crippen molar-refractivity contribution in [3.8, 4) is 0 Å². The highest BCUT2D eigenvalue weighted by Gasteiger charge is 2.30. The summed E-state index contributed by atoms with van der Waals surface area (Å²) in [6, 6.07) is 5.16. The highest BCUT2D eigenvalue weighted by molar-refractivity contribution is 7.21. The molecule has 3 aromatic heterocycles. The number of rotatable bonds is 3. The summed E-state index contributed by atoms with van der Waals surface area (Å²) in [5, 5.41) is 3.86. The fourth-order valence-corrected chi connectivity index (χ4v) is 5.95. The molecule has 0 spiro atoms. The first-order valence-corrected chi connectivity index (χ1v) is 13.7. The molecule has 3 aromatic rings. The largest absolute Gasteiger partial charge is 0.444 e. The number of nitrogens with two attached hydrogens (primary N) is 1. The van der Waals surface area contributed by atoms with Crippen molar-refractivity contribution < 1.29 is 18.7 Å². The molecule has 1 atom stereocenters. The normalized spacial score (nSPS) is 17.9. The number of aromatic nitrogens is 2. The molecule has 0 radical (unpaired) electrons. The number of fused-ring (bicyclic) bond motifs is 2. The Morgan fingerprint density at radius 2 is 1.92 bits per heavy atom. The summed E-state index contributed by atoms with van der Waals surface area (Å²) >= 11 is 1.29. The van der Waals surface area contributed by atoms with Crippen molar-refractivity contribution in [2.24, 2.45) is 0 Å². The minimum absolute atomic E-state index is 0.140. The van der Waals surface area contributed by atoms with Crippen molar-refractivity contribution in [2.75, 3.05) is 36.8 Å². The van der Waals surface area contributed by atoms with Gasteiger partial charge in [0.15, 0.2) is 11.6 Å². The van der Waals surface area contributed by atoms with Crippen LogP contribution in [0.1, 0.15) is 53.8 Å². The van der Waals surface area contributed by atoms with E-state index in [1.54, 1.807) is 4.90 Å². The van der Waals surface area contributed by atoms with Crippen molar-refractivity contribution in [2.45, 2.75) is 58.6 Å². The average molecular weight is 541 g/mol. The van der Waals surface area contributed by atoms with Gasteiger partial charge in [-0.25, -0.2) is 19.2 Å². The predicted molar refractivity (Wildman–Crippen MR) is 146 cm³/mol. The van der Waals surface area contributed by atoms with Crippen LogP contribution in [0.15, 0.2) is 18.2 Å². The molecule has 1 aliphatic heterocycles. The van der Waals surface area contributed by atoms with E-state index in [0.29, 0.717) is 61.8 Å². The van der Waals surface area contributed by atoms with Gasteiger partial charge in [0, 0.05) is 49.0 Å². The molecule has 202 valence electrons. The summed E-state index contributed by atoms with van der Waals surface area (Å²) in [7, 11) is 0. The molecule has 9 nitrogen and oxygen atoms in total. The molecule has 38 heavy (non-hydrogen) atoms. The molecule has 1 aliphatic carbocycles. The van der Waals surface area contributed by atoms with Crippen LogP contribution in [0, 0.1) is 12.7 Å². The molecule has 2 amide bonds. The Hall–Kier alpha value is -3.47. The zero-order chi connectivity index (χ0) is 27.2. The maximum atomic E-state index is 15.2. The van der Waals surface area contributed by atoms with E-state index in [1.165, 1.54) is 17.4 Å². The van der Waals surface area contributed by atoms with Crippen LogP contribution in [-0.4, -0.2) is 64.7 Å². The lowest BCUT2D eigenvalue weighted by atomic mass is 9.91. The fourth-order valence-electron chi connectivity index (χ4n) is 4.91. The molecule has 11 heteroatoms. The summed E-state index contributed by atoms with van der Waals surface area (Å²) in [5.41, 5.74) is 8.65. The molecule has 1 unspecified atom stereocenters. The van der Waals surface area contributed by atoms with E-state index in [0.717, 1.165) is 27.2 Å². The van der Waals surface area contributed by atoms with E-state index in [9.17, 15) is 9.59 Å². The van der Waals surface area contributed by atoms with E-state index in [2.05, 4.69) is 15.3 Å². The second kappa shape index (κ2) is 10.0. The number of ether oxygens (including phenoxy) is 1. The number of thiophene rings is 1. The van der Waals surface area contributed by atoms with Crippen LogP contribution in [0.4, 0.5) is 20.7 Å². The van der Waals surface area contributed by atoms with Gasteiger partial charge >= 0.3 is 6.09 Å². The first-order chi connectivity index (χ1) is 18.0. The second-order valence-corrected chi connectivity index (χ2v) is 11.9. The van der Waals surface area contributed by atoms with E-state index < -0.39 is 11.4 Å². The van der Waals surface area contributed by atoms with Gasteiger partial charge in [0.25, 0.3) is 5.91 Å². The molecular weight excluding hydrogens is 507 g/mol. The summed E-state index contributed by atoms with van der Waals surface area (Å²) in [6.07, 6.45) is 1.48. The van der Waals surface area contributed by atoms with Crippen molar-refractivity contribution in [1.29, 1.82) is 0 Å². The first-order valence-electron chi connectivity index (χ1n) is 12.9. The van der Waals surface area contributed by atoms with Crippen LogP contribution in [-0.2, 0) is 17.6 Å². The molecule has 0 saturated carbocycles. The average Bonchev–Trinajstić information content (AvgIpc) is 3.18. The number of nitrogen functional groups attached to an aromatic ring is 1. The highest BCUT2D eigenvalue weighted by atomic mass is 32.1. The summed E-state index contributed by atoms with van der Waals surface area (Å²) < 4.78 is 20.6. The SMILES string of the molecule is Cc1ccc2c(N)c(C(=O)NC3CCc4nc(N5CCN(C(=O)OC(C)(C)C)CC5)c(F)cc4C3)sc2n1. The summed E-state index contributed by atoms with van der Waals surface area (Å²) in [6.45, 7) is 9.24. The van der Waals surface area contributed by atoms with Gasteiger partial charge in [0.1, 0.15) is 15.3 Å². The van der Waals surface area contributed by atoms with Gasteiger partial charge < -0.3 is 25.6 Å². The Bertz CT molecular complexity index is 1390. The van der Waals surface area contributed by atoms with Crippen molar-refractivity contribution in [3.05, 3.63) is 45.8 Å². The minimum atomic E-state index is -0.557. The second-order valence-electron chi connectivity index (χ2n) is 10.9. The molecule has 4 heterocycles. The Labute approximate surface area is 225 Å². The molecule has 1 saturated heterocycles. The maximum Gasteiger partial charge on any atom is 0.410 e. The summed E-state index contributed by atoms with van der Waals surface area (Å²) in [4.78, 5) is 39.2. The number of nitrogens with zero attached hydrogens (tertiary/aromatic N) is 4. The summed E-state index contributed by atoms with van der Waals surface area (Å²) in [5.74, 6) is -0.308. The Balaban J connectivity index is 1.23. The fraction of sp³-hybridized carbons (Fsp3) is 0.481. The lowest BCUT2D eigenvalue weighted by Gasteiger charge is -2.36. The van der Waals surface area contributed by atoms with Gasteiger partial charge in [-0.3, -0.25) is 4.79 Å². The third-order valence-electron chi connectivity index (χ3n) is 6.83. The van der Waals surface area contributed by atoms with Crippen molar-refractivity contribution in [3.63, 3.8) is 0 Å². The van der Waals surface area contributed by atoms with Gasteiger partial charge in [-0.05, 0) is 70.7 Å². The number of nitrogens with one attached hydrogen (secondary N) is 1. The lowest BCUT2D eigenvalue weighted by molar-refractivity contribution is 0.0240. The highest BCUT2D eigenvalue weighted by Crippen LogP contribution is 2.33. The first kappa shape index (κ1) is 26.1. The van der Waals surface area contributed by atoms with Crippen LogP contribution in [0.5, 0.6) is 0 Å². The van der Waals surface area contributed by atoms with Crippen molar-refractivity contribution in [1.82, 2.24) is 20.2 Å². The smallest absolute Gasteiger partial charge is 0.410 e. The number of pyridine rings is 2. The van der Waals surface area contributed by atoms with Crippen LogP contribution < -0.4 is 16.0 Å². The number of hydrogen-bond donors (Lipinski definition) is 2. The van der Waals surface area contributed by atoms with E-state index in [-0.39, 0.29) is 18.0 Å². The van der Waals surface area contributed by atoms with Gasteiger partial charge in [-0.15, -0.1) is 11.3 Å². The standard InChI is InChI=1S/C27H33FN6O3S/c1-15-5-7-18-21(29)22(38-25(18)30-15)24(35)31-17-6-8-20-16(13-17)14-19(28)23(32-20)33-9-11-34(12-10-33)26(36)37-27(2,3)4/h5,7,14,17H,6,8-13,29H2,1-4H3,(H,31,35).